The standard InChI is InChI=1S/C37H46N2O4/c1-25(39-23-34(40)31-10-11-35(33(19-31)36(38)41)43-24-26-6-3-2-4-7-26)14-27-8-5-9-32(18-27)42-13-12-37-20-28-15-29(21-37)17-30(16-28)22-37/h2-11,18-19,25,28-30,34,39-40H,12-17,20-24H2,1H3,(H2,38,41)/t25-,28?,29?,30?,34+,37?/m1/s1. The lowest BCUT2D eigenvalue weighted by Gasteiger charge is -2.57. The summed E-state index contributed by atoms with van der Waals surface area (Å²) in [4.78, 5) is 12.1. The predicted octanol–water partition coefficient (Wildman–Crippen LogP) is 6.60. The molecule has 0 aliphatic heterocycles. The molecule has 4 fully saturated rings. The van der Waals surface area contributed by atoms with Crippen LogP contribution in [0.2, 0.25) is 0 Å². The van der Waals surface area contributed by atoms with Crippen LogP contribution in [0, 0.1) is 23.2 Å². The van der Waals surface area contributed by atoms with Crippen molar-refractivity contribution in [1.82, 2.24) is 5.32 Å². The molecule has 0 aromatic heterocycles. The Kier molecular flexibility index (Phi) is 9.06. The van der Waals surface area contributed by atoms with Gasteiger partial charge in [-0.15, -0.1) is 0 Å². The molecule has 6 heteroatoms. The Bertz CT molecular complexity index is 1360. The molecule has 0 saturated heterocycles. The van der Waals surface area contributed by atoms with Gasteiger partial charge in [-0.2, -0.15) is 0 Å². The molecule has 1 amide bonds. The van der Waals surface area contributed by atoms with E-state index in [1.165, 1.54) is 50.5 Å². The van der Waals surface area contributed by atoms with Crippen molar-refractivity contribution in [1.29, 1.82) is 0 Å². The van der Waals surface area contributed by atoms with Gasteiger partial charge >= 0.3 is 0 Å². The first-order chi connectivity index (χ1) is 20.8. The summed E-state index contributed by atoms with van der Waals surface area (Å²) in [6.07, 6.45) is 9.94. The van der Waals surface area contributed by atoms with Crippen LogP contribution in [-0.4, -0.2) is 30.2 Å². The Morgan fingerprint density at radius 3 is 2.33 bits per heavy atom. The number of nitrogens with one attached hydrogen (secondary N) is 1. The van der Waals surface area contributed by atoms with Crippen LogP contribution in [0.4, 0.5) is 0 Å². The maximum Gasteiger partial charge on any atom is 0.252 e. The van der Waals surface area contributed by atoms with Crippen molar-refractivity contribution < 1.29 is 19.4 Å². The number of carbonyl (C=O) groups excluding carboxylic acids is 1. The molecule has 3 aromatic carbocycles. The predicted molar refractivity (Wildman–Crippen MR) is 169 cm³/mol. The maximum atomic E-state index is 12.1. The Morgan fingerprint density at radius 1 is 0.930 bits per heavy atom. The molecule has 0 unspecified atom stereocenters. The fraction of sp³-hybridized carbons (Fsp3) is 0.486. The molecular formula is C37H46N2O4. The summed E-state index contributed by atoms with van der Waals surface area (Å²) < 4.78 is 12.2. The highest BCUT2D eigenvalue weighted by atomic mass is 16.5. The normalized spacial score (nSPS) is 25.3. The van der Waals surface area contributed by atoms with Crippen LogP contribution in [0.25, 0.3) is 0 Å². The minimum absolute atomic E-state index is 0.140. The third-order valence-corrected chi connectivity index (χ3v) is 10.1. The van der Waals surface area contributed by atoms with Gasteiger partial charge < -0.3 is 25.6 Å². The van der Waals surface area contributed by atoms with Crippen molar-refractivity contribution in [3.63, 3.8) is 0 Å². The topological polar surface area (TPSA) is 93.8 Å². The van der Waals surface area contributed by atoms with Gasteiger partial charge in [0.15, 0.2) is 0 Å². The molecule has 3 aromatic rings. The number of benzene rings is 3. The Morgan fingerprint density at radius 2 is 1.63 bits per heavy atom. The lowest BCUT2D eigenvalue weighted by molar-refractivity contribution is -0.0622. The number of primary amides is 1. The molecule has 4 N–H and O–H groups in total. The van der Waals surface area contributed by atoms with E-state index in [0.29, 0.717) is 29.9 Å². The van der Waals surface area contributed by atoms with E-state index >= 15 is 0 Å². The fourth-order valence-electron chi connectivity index (χ4n) is 8.41. The Labute approximate surface area is 256 Å². The Hall–Kier alpha value is -3.35. The van der Waals surface area contributed by atoms with E-state index < -0.39 is 12.0 Å². The number of aliphatic hydroxyl groups excluding tert-OH is 1. The van der Waals surface area contributed by atoms with Crippen molar-refractivity contribution in [2.45, 2.75) is 77.0 Å². The van der Waals surface area contributed by atoms with Gasteiger partial charge in [-0.05, 0) is 122 Å². The van der Waals surface area contributed by atoms with E-state index in [9.17, 15) is 9.90 Å². The second kappa shape index (κ2) is 13.1. The van der Waals surface area contributed by atoms with E-state index in [0.717, 1.165) is 42.1 Å². The van der Waals surface area contributed by atoms with Crippen LogP contribution in [0.1, 0.15) is 85.0 Å². The highest BCUT2D eigenvalue weighted by Crippen LogP contribution is 2.61. The van der Waals surface area contributed by atoms with Gasteiger partial charge in [0.1, 0.15) is 18.1 Å². The largest absolute Gasteiger partial charge is 0.494 e. The van der Waals surface area contributed by atoms with Crippen LogP contribution >= 0.6 is 0 Å². The van der Waals surface area contributed by atoms with E-state index in [-0.39, 0.29) is 11.6 Å². The monoisotopic (exact) mass is 582 g/mol. The van der Waals surface area contributed by atoms with Crippen molar-refractivity contribution in [3.05, 3.63) is 95.1 Å². The van der Waals surface area contributed by atoms with Crippen LogP contribution in [0.3, 0.4) is 0 Å². The Balaban J connectivity index is 0.974. The molecule has 0 radical (unpaired) electrons. The smallest absolute Gasteiger partial charge is 0.252 e. The number of amides is 1. The lowest BCUT2D eigenvalue weighted by atomic mass is 9.49. The minimum atomic E-state index is -0.789. The molecule has 2 atom stereocenters. The highest BCUT2D eigenvalue weighted by Gasteiger charge is 2.50. The van der Waals surface area contributed by atoms with Crippen LogP contribution < -0.4 is 20.5 Å². The summed E-state index contributed by atoms with van der Waals surface area (Å²) in [6, 6.07) is 23.4. The second-order valence-electron chi connectivity index (χ2n) is 13.6. The van der Waals surface area contributed by atoms with Gasteiger partial charge in [-0.25, -0.2) is 0 Å². The molecule has 4 aliphatic carbocycles. The molecule has 7 rings (SSSR count). The molecule has 4 bridgehead atoms. The quantitative estimate of drug-likeness (QED) is 0.199. The summed E-state index contributed by atoms with van der Waals surface area (Å²) in [6.45, 7) is 3.60. The number of nitrogens with two attached hydrogens (primary N) is 1. The van der Waals surface area contributed by atoms with Crippen LogP contribution in [0.5, 0.6) is 11.5 Å². The SMILES string of the molecule is C[C@H](Cc1cccc(OCCC23CC4CC(CC(C4)C2)C3)c1)NC[C@H](O)c1ccc(OCc2ccccc2)c(C(N)=O)c1. The van der Waals surface area contributed by atoms with Gasteiger partial charge in [0.2, 0.25) is 0 Å². The molecular weight excluding hydrogens is 536 g/mol. The maximum absolute atomic E-state index is 12.1. The van der Waals surface area contributed by atoms with E-state index in [2.05, 4.69) is 36.5 Å². The van der Waals surface area contributed by atoms with Gasteiger partial charge in [-0.3, -0.25) is 4.79 Å². The van der Waals surface area contributed by atoms with Gasteiger partial charge in [0, 0.05) is 12.6 Å². The first-order valence-electron chi connectivity index (χ1n) is 16.1. The number of carbonyl (C=O) groups is 1. The van der Waals surface area contributed by atoms with Crippen LogP contribution in [-0.2, 0) is 13.0 Å². The second-order valence-corrected chi connectivity index (χ2v) is 13.6. The molecule has 4 aliphatic rings. The zero-order valence-corrected chi connectivity index (χ0v) is 25.3. The van der Waals surface area contributed by atoms with Crippen molar-refractivity contribution in [3.8, 4) is 11.5 Å². The van der Waals surface area contributed by atoms with Gasteiger partial charge in [0.05, 0.1) is 18.3 Å². The van der Waals surface area contributed by atoms with E-state index in [1.54, 1.807) is 18.2 Å². The lowest BCUT2D eigenvalue weighted by Crippen LogP contribution is -2.46. The van der Waals surface area contributed by atoms with E-state index in [1.807, 2.05) is 30.3 Å². The first kappa shape index (κ1) is 29.7. The van der Waals surface area contributed by atoms with Gasteiger partial charge in [-0.1, -0.05) is 48.5 Å². The molecule has 6 nitrogen and oxygen atoms in total. The third-order valence-electron chi connectivity index (χ3n) is 10.1. The zero-order valence-electron chi connectivity index (χ0n) is 25.3. The minimum Gasteiger partial charge on any atom is -0.494 e. The molecule has 0 heterocycles. The average Bonchev–Trinajstić information content (AvgIpc) is 2.98. The number of rotatable bonds is 14. The molecule has 4 saturated carbocycles. The van der Waals surface area contributed by atoms with Crippen molar-refractivity contribution in [2.75, 3.05) is 13.2 Å². The number of hydrogen-bond acceptors (Lipinski definition) is 5. The molecule has 228 valence electrons. The highest BCUT2D eigenvalue weighted by molar-refractivity contribution is 5.95. The third kappa shape index (κ3) is 7.42. The van der Waals surface area contributed by atoms with Crippen LogP contribution in [0.15, 0.2) is 72.8 Å². The summed E-state index contributed by atoms with van der Waals surface area (Å²) >= 11 is 0. The fourth-order valence-corrected chi connectivity index (χ4v) is 8.41. The zero-order chi connectivity index (χ0) is 29.8. The summed E-state index contributed by atoms with van der Waals surface area (Å²) in [5.41, 5.74) is 9.27. The van der Waals surface area contributed by atoms with E-state index in [4.69, 9.17) is 15.2 Å². The summed E-state index contributed by atoms with van der Waals surface area (Å²) in [5.74, 6) is 3.71. The number of hydrogen-bond donors (Lipinski definition) is 3. The average molecular weight is 583 g/mol. The van der Waals surface area contributed by atoms with Gasteiger partial charge in [0.25, 0.3) is 5.91 Å². The number of aliphatic hydroxyl groups is 1. The first-order valence-corrected chi connectivity index (χ1v) is 16.1. The molecule has 0 spiro atoms. The molecule has 43 heavy (non-hydrogen) atoms. The summed E-state index contributed by atoms with van der Waals surface area (Å²) in [7, 11) is 0. The summed E-state index contributed by atoms with van der Waals surface area (Å²) in [5, 5.41) is 14.3. The number of ether oxygens (including phenoxy) is 2. The van der Waals surface area contributed by atoms with Crippen molar-refractivity contribution in [2.24, 2.45) is 28.9 Å². The van der Waals surface area contributed by atoms with Crippen molar-refractivity contribution >= 4 is 5.91 Å².